The molecule has 1 N–H and O–H groups in total. The molecule has 0 bridgehead atoms. The molecule has 3 nitrogen and oxygen atoms in total. The summed E-state index contributed by atoms with van der Waals surface area (Å²) in [4.78, 5) is 11.0. The van der Waals surface area contributed by atoms with E-state index in [1.165, 1.54) is 83.5 Å². The van der Waals surface area contributed by atoms with Gasteiger partial charge in [0.1, 0.15) is 0 Å². The average molecular weight is 355 g/mol. The van der Waals surface area contributed by atoms with Crippen molar-refractivity contribution in [2.24, 2.45) is 0 Å². The normalized spacial score (nSPS) is 10.3. The van der Waals surface area contributed by atoms with Crippen molar-refractivity contribution < 1.29 is 14.6 Å². The molecule has 4 heteroatoms. The second-order valence-electron chi connectivity index (χ2n) is 6.35. The summed E-state index contributed by atoms with van der Waals surface area (Å²) in [5.74, 6) is -0.280. The van der Waals surface area contributed by atoms with Gasteiger partial charge in [0.2, 0.25) is 0 Å². The van der Waals surface area contributed by atoms with E-state index in [0.717, 1.165) is 12.8 Å². The Balaban J connectivity index is 0. The monoisotopic (exact) mass is 354 g/mol. The van der Waals surface area contributed by atoms with Crippen molar-refractivity contribution in [3.8, 4) is 0 Å². The van der Waals surface area contributed by atoms with Crippen LogP contribution in [-0.4, -0.2) is 69.3 Å². The van der Waals surface area contributed by atoms with Crippen molar-refractivity contribution in [2.45, 2.75) is 110 Å². The van der Waals surface area contributed by atoms with E-state index in [9.17, 15) is 4.79 Å². The van der Waals surface area contributed by atoms with E-state index in [0.29, 0.717) is 6.42 Å². The van der Waals surface area contributed by atoms with E-state index < -0.39 is 6.79 Å². The van der Waals surface area contributed by atoms with Crippen molar-refractivity contribution in [3.63, 3.8) is 0 Å². The van der Waals surface area contributed by atoms with E-state index in [4.69, 9.17) is 5.11 Å². The maximum absolute atomic E-state index is 11.0. The Labute approximate surface area is 186 Å². The van der Waals surface area contributed by atoms with E-state index in [1.807, 2.05) is 0 Å². The second-order valence-corrected chi connectivity index (χ2v) is 6.35. The number of hydrogen-bond acceptors (Lipinski definition) is 3. The zero-order chi connectivity index (χ0) is 16.3. The number of hydrogen-bond donors (Lipinski definition) is 1. The van der Waals surface area contributed by atoms with Crippen LogP contribution >= 0.6 is 0 Å². The molecule has 0 radical (unpaired) electrons. The molecule has 0 atom stereocenters. The van der Waals surface area contributed by atoms with E-state index in [2.05, 4.69) is 11.7 Å². The van der Waals surface area contributed by atoms with Gasteiger partial charge in [-0.3, -0.25) is 4.79 Å². The van der Waals surface area contributed by atoms with Crippen LogP contribution in [0.25, 0.3) is 0 Å². The van der Waals surface area contributed by atoms with E-state index in [-0.39, 0.29) is 57.4 Å². The quantitative estimate of drug-likeness (QED) is 0.171. The second kappa shape index (κ2) is 23.1. The minimum absolute atomic E-state index is 0. The van der Waals surface area contributed by atoms with Gasteiger partial charge in [0.25, 0.3) is 0 Å². The topological polar surface area (TPSA) is 46.5 Å². The van der Waals surface area contributed by atoms with Crippen LogP contribution < -0.4 is 0 Å². The summed E-state index contributed by atoms with van der Waals surface area (Å²) in [7, 11) is 0. The summed E-state index contributed by atoms with van der Waals surface area (Å²) in [5.41, 5.74) is 0. The van der Waals surface area contributed by atoms with Crippen LogP contribution in [0.4, 0.5) is 0 Å². The summed E-state index contributed by atoms with van der Waals surface area (Å²) in [6, 6.07) is 0. The van der Waals surface area contributed by atoms with Crippen LogP contribution in [0.5, 0.6) is 0 Å². The van der Waals surface area contributed by atoms with Crippen LogP contribution in [-0.2, 0) is 9.53 Å². The van der Waals surface area contributed by atoms with Gasteiger partial charge in [0, 0.05) is 6.42 Å². The van der Waals surface area contributed by atoms with Crippen molar-refractivity contribution >= 4 is 57.4 Å². The molecule has 0 saturated heterocycles. The number of rotatable bonds is 17. The summed E-state index contributed by atoms with van der Waals surface area (Å²) in [6.45, 7) is 1.78. The minimum atomic E-state index is -0.489. The molecular formula is C19H39KO3. The number of carbonyl (C=O) groups is 1. The third kappa shape index (κ3) is 23.1. The van der Waals surface area contributed by atoms with Gasteiger partial charge in [0.05, 0.1) is 0 Å². The molecule has 0 aliphatic carbocycles. The van der Waals surface area contributed by atoms with E-state index >= 15 is 0 Å². The van der Waals surface area contributed by atoms with Gasteiger partial charge in [-0.05, 0) is 6.42 Å². The molecule has 0 aromatic rings. The average Bonchev–Trinajstić information content (AvgIpc) is 2.51. The third-order valence-electron chi connectivity index (χ3n) is 4.21. The Hall–Kier alpha value is 1.07. The van der Waals surface area contributed by atoms with Crippen LogP contribution in [0.2, 0.25) is 0 Å². The first-order valence-corrected chi connectivity index (χ1v) is 9.57. The number of aliphatic hydroxyl groups excluding tert-OH is 1. The van der Waals surface area contributed by atoms with Gasteiger partial charge >= 0.3 is 57.4 Å². The number of ether oxygens (including phenoxy) is 1. The molecule has 0 saturated carbocycles. The Morgan fingerprint density at radius 2 is 1.04 bits per heavy atom. The predicted molar refractivity (Wildman–Crippen MR) is 99.9 cm³/mol. The Kier molecular flexibility index (Phi) is 26.4. The molecule has 0 aromatic carbocycles. The Bertz CT molecular complexity index is 235. The van der Waals surface area contributed by atoms with Gasteiger partial charge in [-0.2, -0.15) is 0 Å². The van der Waals surface area contributed by atoms with Crippen molar-refractivity contribution in [2.75, 3.05) is 6.79 Å². The van der Waals surface area contributed by atoms with Gasteiger partial charge in [-0.25, -0.2) is 0 Å². The van der Waals surface area contributed by atoms with Gasteiger partial charge < -0.3 is 9.84 Å². The third-order valence-corrected chi connectivity index (χ3v) is 4.21. The summed E-state index contributed by atoms with van der Waals surface area (Å²) in [6.07, 6.45) is 20.3. The summed E-state index contributed by atoms with van der Waals surface area (Å²) in [5, 5.41) is 8.42. The fraction of sp³-hybridized carbons (Fsp3) is 0.947. The van der Waals surface area contributed by atoms with Crippen LogP contribution in [0.1, 0.15) is 110 Å². The molecule has 0 unspecified atom stereocenters. The summed E-state index contributed by atoms with van der Waals surface area (Å²) >= 11 is 0. The van der Waals surface area contributed by atoms with Gasteiger partial charge in [0.15, 0.2) is 6.79 Å². The fourth-order valence-corrected chi connectivity index (χ4v) is 2.78. The summed E-state index contributed by atoms with van der Waals surface area (Å²) < 4.78 is 4.48. The molecule has 0 fully saturated rings. The van der Waals surface area contributed by atoms with Crippen molar-refractivity contribution in [1.29, 1.82) is 0 Å². The number of unbranched alkanes of at least 4 members (excludes halogenated alkanes) is 14. The zero-order valence-corrected chi connectivity index (χ0v) is 14.8. The molecule has 134 valence electrons. The number of aliphatic hydroxyl groups is 1. The molecular weight excluding hydrogens is 315 g/mol. The van der Waals surface area contributed by atoms with Gasteiger partial charge in [-0.15, -0.1) is 0 Å². The fourth-order valence-electron chi connectivity index (χ4n) is 2.78. The molecule has 0 amide bonds. The predicted octanol–water partition coefficient (Wildman–Crippen LogP) is 5.09. The molecule has 0 rings (SSSR count). The maximum atomic E-state index is 11.0. The molecule has 0 aliphatic heterocycles. The van der Waals surface area contributed by atoms with E-state index in [1.54, 1.807) is 0 Å². The molecule has 0 aliphatic rings. The Morgan fingerprint density at radius 3 is 1.39 bits per heavy atom. The Morgan fingerprint density at radius 1 is 0.696 bits per heavy atom. The number of carbonyl (C=O) groups excluding carboxylic acids is 1. The van der Waals surface area contributed by atoms with Gasteiger partial charge in [-0.1, -0.05) is 96.8 Å². The zero-order valence-electron chi connectivity index (χ0n) is 14.8. The van der Waals surface area contributed by atoms with Crippen LogP contribution in [0.3, 0.4) is 0 Å². The molecule has 0 heterocycles. The first-order valence-electron chi connectivity index (χ1n) is 9.57. The standard InChI is InChI=1S/C19H38O3.K.H/c1-2-3-4-5-6-7-8-9-10-11-12-13-14-15-16-17-19(21)22-18-20;;/h20H,2-18H2,1H3;;. The molecule has 0 spiro atoms. The molecule has 23 heavy (non-hydrogen) atoms. The van der Waals surface area contributed by atoms with Crippen LogP contribution in [0, 0.1) is 0 Å². The van der Waals surface area contributed by atoms with Crippen LogP contribution in [0.15, 0.2) is 0 Å². The van der Waals surface area contributed by atoms with Crippen molar-refractivity contribution in [3.05, 3.63) is 0 Å². The molecule has 0 aromatic heterocycles. The number of esters is 1. The SMILES string of the molecule is CCCCCCCCCCCCCCCCCC(=O)OCO.[KH]. The first kappa shape index (κ1) is 26.3. The first-order chi connectivity index (χ1) is 10.8. The van der Waals surface area contributed by atoms with Crippen molar-refractivity contribution in [1.82, 2.24) is 0 Å².